The van der Waals surface area contributed by atoms with Crippen LogP contribution < -0.4 is 15.5 Å². The summed E-state index contributed by atoms with van der Waals surface area (Å²) < 4.78 is 0. The van der Waals surface area contributed by atoms with Gasteiger partial charge in [0.2, 0.25) is 5.91 Å². The van der Waals surface area contributed by atoms with Crippen LogP contribution in [-0.2, 0) is 9.59 Å². The number of carbonyl (C=O) groups is 3. The first kappa shape index (κ1) is 19.0. The van der Waals surface area contributed by atoms with E-state index >= 15 is 0 Å². The summed E-state index contributed by atoms with van der Waals surface area (Å²) in [6.45, 7) is 2.86. The van der Waals surface area contributed by atoms with Crippen LogP contribution in [0.5, 0.6) is 0 Å². The highest BCUT2D eigenvalue weighted by molar-refractivity contribution is 6.04. The van der Waals surface area contributed by atoms with Crippen LogP contribution in [0.3, 0.4) is 0 Å². The number of anilines is 1. The van der Waals surface area contributed by atoms with Gasteiger partial charge in [-0.1, -0.05) is 42.5 Å². The number of amides is 4. The molecule has 0 bridgehead atoms. The molecule has 2 heterocycles. The van der Waals surface area contributed by atoms with Crippen molar-refractivity contribution in [1.29, 1.82) is 0 Å². The number of hydrogen-bond donors (Lipinski definition) is 2. The van der Waals surface area contributed by atoms with E-state index in [0.717, 1.165) is 18.8 Å². The fraction of sp³-hybridized carbons (Fsp3) is 0.318. The van der Waals surface area contributed by atoms with E-state index in [1.54, 1.807) is 0 Å². The predicted molar refractivity (Wildman–Crippen MR) is 110 cm³/mol. The molecule has 7 nitrogen and oxygen atoms in total. The lowest BCUT2D eigenvalue weighted by Crippen LogP contribution is -2.49. The van der Waals surface area contributed by atoms with Crippen LogP contribution in [0.15, 0.2) is 54.6 Å². The van der Waals surface area contributed by atoms with Gasteiger partial charge >= 0.3 is 6.03 Å². The highest BCUT2D eigenvalue weighted by Crippen LogP contribution is 2.24. The largest absolute Gasteiger partial charge is 0.368 e. The monoisotopic (exact) mass is 392 g/mol. The molecule has 2 aliphatic heterocycles. The van der Waals surface area contributed by atoms with Crippen molar-refractivity contribution in [3.8, 4) is 11.1 Å². The Labute approximate surface area is 169 Å². The Morgan fingerprint density at radius 3 is 2.17 bits per heavy atom. The van der Waals surface area contributed by atoms with E-state index in [9.17, 15) is 14.4 Å². The Morgan fingerprint density at radius 2 is 1.55 bits per heavy atom. The Balaban J connectivity index is 1.27. The molecule has 0 aromatic heterocycles. The summed E-state index contributed by atoms with van der Waals surface area (Å²) in [5.74, 6) is -0.329. The Morgan fingerprint density at radius 1 is 0.897 bits per heavy atom. The molecule has 150 valence electrons. The molecule has 29 heavy (non-hydrogen) atoms. The third-order valence-corrected chi connectivity index (χ3v) is 5.48. The van der Waals surface area contributed by atoms with Crippen molar-refractivity contribution in [1.82, 2.24) is 15.5 Å². The van der Waals surface area contributed by atoms with E-state index in [-0.39, 0.29) is 18.2 Å². The molecule has 4 amide bonds. The number of hydrogen-bond acceptors (Lipinski definition) is 4. The van der Waals surface area contributed by atoms with E-state index in [0.29, 0.717) is 19.5 Å². The molecule has 2 N–H and O–H groups in total. The van der Waals surface area contributed by atoms with Gasteiger partial charge in [0, 0.05) is 38.3 Å². The van der Waals surface area contributed by atoms with Crippen LogP contribution in [0, 0.1) is 0 Å². The minimum atomic E-state index is -0.601. The summed E-state index contributed by atoms with van der Waals surface area (Å²) in [5.41, 5.74) is 3.54. The zero-order chi connectivity index (χ0) is 20.2. The van der Waals surface area contributed by atoms with E-state index in [1.165, 1.54) is 11.1 Å². The highest BCUT2D eigenvalue weighted by Gasteiger charge is 2.30. The van der Waals surface area contributed by atoms with Crippen molar-refractivity contribution in [2.75, 3.05) is 31.1 Å². The average molecular weight is 392 g/mol. The molecule has 7 heteroatoms. The summed E-state index contributed by atoms with van der Waals surface area (Å²) in [7, 11) is 0. The number of imide groups is 1. The van der Waals surface area contributed by atoms with Gasteiger partial charge in [-0.05, 0) is 29.7 Å². The third-order valence-electron chi connectivity index (χ3n) is 5.48. The van der Waals surface area contributed by atoms with Crippen LogP contribution in [0.1, 0.15) is 12.8 Å². The van der Waals surface area contributed by atoms with Gasteiger partial charge < -0.3 is 15.1 Å². The lowest BCUT2D eigenvalue weighted by atomic mass is 10.1. The number of benzene rings is 2. The van der Waals surface area contributed by atoms with Crippen LogP contribution in [0.2, 0.25) is 0 Å². The molecule has 0 radical (unpaired) electrons. The number of nitrogens with one attached hydrogen (secondary N) is 2. The molecular weight excluding hydrogens is 368 g/mol. The minimum absolute atomic E-state index is 0.0259. The standard InChI is InChI=1S/C22H24N4O3/c27-20(11-10-19-21(28)24-22(29)23-19)26-14-12-25(13-15-26)18-8-6-17(7-9-18)16-4-2-1-3-5-16/h1-9,19H,10-15H2,(H2,23,24,28,29). The molecule has 2 aliphatic rings. The number of piperazine rings is 1. The summed E-state index contributed by atoms with van der Waals surface area (Å²) in [6.07, 6.45) is 0.585. The third kappa shape index (κ3) is 4.39. The zero-order valence-corrected chi connectivity index (χ0v) is 16.1. The molecule has 1 atom stereocenters. The Kier molecular flexibility index (Phi) is 5.46. The molecule has 1 unspecified atom stereocenters. The maximum Gasteiger partial charge on any atom is 0.322 e. The van der Waals surface area contributed by atoms with Gasteiger partial charge in [0.1, 0.15) is 6.04 Å². The zero-order valence-electron chi connectivity index (χ0n) is 16.1. The molecule has 0 spiro atoms. The van der Waals surface area contributed by atoms with Gasteiger partial charge in [-0.15, -0.1) is 0 Å². The van der Waals surface area contributed by atoms with Crippen LogP contribution in [-0.4, -0.2) is 55.0 Å². The smallest absolute Gasteiger partial charge is 0.322 e. The van der Waals surface area contributed by atoms with Crippen molar-refractivity contribution in [2.24, 2.45) is 0 Å². The summed E-state index contributed by atoms with van der Waals surface area (Å²) >= 11 is 0. The Bertz CT molecular complexity index is 890. The SMILES string of the molecule is O=C1NC(=O)C(CCC(=O)N2CCN(c3ccc(-c4ccccc4)cc3)CC2)N1. The molecule has 2 fully saturated rings. The minimum Gasteiger partial charge on any atom is -0.368 e. The van der Waals surface area contributed by atoms with Gasteiger partial charge in [-0.3, -0.25) is 14.9 Å². The highest BCUT2D eigenvalue weighted by atomic mass is 16.2. The van der Waals surface area contributed by atoms with Gasteiger partial charge in [-0.2, -0.15) is 0 Å². The first-order valence-corrected chi connectivity index (χ1v) is 9.90. The maximum atomic E-state index is 12.5. The first-order chi connectivity index (χ1) is 14.1. The second-order valence-electron chi connectivity index (χ2n) is 7.33. The summed E-state index contributed by atoms with van der Waals surface area (Å²) in [4.78, 5) is 39.3. The van der Waals surface area contributed by atoms with Gasteiger partial charge in [-0.25, -0.2) is 4.79 Å². The predicted octanol–water partition coefficient (Wildman–Crippen LogP) is 1.99. The van der Waals surface area contributed by atoms with E-state index in [2.05, 4.69) is 51.9 Å². The van der Waals surface area contributed by atoms with E-state index < -0.39 is 12.1 Å². The maximum absolute atomic E-state index is 12.5. The normalized spacial score (nSPS) is 19.1. The molecule has 0 saturated carbocycles. The summed E-state index contributed by atoms with van der Waals surface area (Å²) in [6, 6.07) is 17.7. The quantitative estimate of drug-likeness (QED) is 0.763. The Hall–Kier alpha value is -3.35. The van der Waals surface area contributed by atoms with E-state index in [1.807, 2.05) is 23.1 Å². The average Bonchev–Trinajstić information content (AvgIpc) is 3.10. The number of rotatable bonds is 5. The lowest BCUT2D eigenvalue weighted by molar-refractivity contribution is -0.131. The van der Waals surface area contributed by atoms with Crippen molar-refractivity contribution in [3.63, 3.8) is 0 Å². The number of carbonyl (C=O) groups excluding carboxylic acids is 3. The fourth-order valence-corrected chi connectivity index (χ4v) is 3.80. The van der Waals surface area contributed by atoms with Crippen LogP contribution in [0.25, 0.3) is 11.1 Å². The molecule has 0 aliphatic carbocycles. The first-order valence-electron chi connectivity index (χ1n) is 9.90. The van der Waals surface area contributed by atoms with Crippen molar-refractivity contribution >= 4 is 23.5 Å². The molecule has 4 rings (SSSR count). The number of nitrogens with zero attached hydrogens (tertiary/aromatic N) is 2. The van der Waals surface area contributed by atoms with Crippen molar-refractivity contribution < 1.29 is 14.4 Å². The molecule has 2 saturated heterocycles. The van der Waals surface area contributed by atoms with Crippen molar-refractivity contribution in [2.45, 2.75) is 18.9 Å². The van der Waals surface area contributed by atoms with Gasteiger partial charge in [0.05, 0.1) is 0 Å². The van der Waals surface area contributed by atoms with Crippen LogP contribution in [0.4, 0.5) is 10.5 Å². The number of urea groups is 1. The van der Waals surface area contributed by atoms with E-state index in [4.69, 9.17) is 0 Å². The van der Waals surface area contributed by atoms with Gasteiger partial charge in [0.15, 0.2) is 0 Å². The van der Waals surface area contributed by atoms with Gasteiger partial charge in [0.25, 0.3) is 5.91 Å². The topological polar surface area (TPSA) is 81.8 Å². The van der Waals surface area contributed by atoms with Crippen molar-refractivity contribution in [3.05, 3.63) is 54.6 Å². The molecule has 2 aromatic rings. The lowest BCUT2D eigenvalue weighted by Gasteiger charge is -2.36. The molecular formula is C22H24N4O3. The summed E-state index contributed by atoms with van der Waals surface area (Å²) in [5, 5.41) is 4.72. The second kappa shape index (κ2) is 8.34. The van der Waals surface area contributed by atoms with Crippen LogP contribution >= 0.6 is 0 Å². The second-order valence-corrected chi connectivity index (χ2v) is 7.33. The molecule has 2 aromatic carbocycles. The fourth-order valence-electron chi connectivity index (χ4n) is 3.80.